The number of aliphatic hydroxyl groups excluding tert-OH is 1. The maximum absolute atomic E-state index is 9.38. The zero-order valence-electron chi connectivity index (χ0n) is 10.8. The molecule has 2 nitrogen and oxygen atoms in total. The summed E-state index contributed by atoms with van der Waals surface area (Å²) in [6, 6.07) is 0.427. The highest BCUT2D eigenvalue weighted by molar-refractivity contribution is 7.99. The highest BCUT2D eigenvalue weighted by Crippen LogP contribution is 2.19. The molecule has 0 aliphatic heterocycles. The molecule has 2 unspecified atom stereocenters. The van der Waals surface area contributed by atoms with Crippen molar-refractivity contribution in [3.63, 3.8) is 0 Å². The molecule has 0 spiro atoms. The Hall–Kier alpha value is 0.270. The summed E-state index contributed by atoms with van der Waals surface area (Å²) in [7, 11) is 0. The van der Waals surface area contributed by atoms with Gasteiger partial charge >= 0.3 is 0 Å². The Morgan fingerprint density at radius 1 is 1.33 bits per heavy atom. The van der Waals surface area contributed by atoms with Crippen molar-refractivity contribution in [2.24, 2.45) is 0 Å². The van der Waals surface area contributed by atoms with E-state index in [-0.39, 0.29) is 12.1 Å². The van der Waals surface area contributed by atoms with Crippen LogP contribution in [0.1, 0.15) is 47.5 Å². The molecule has 0 aliphatic carbocycles. The van der Waals surface area contributed by atoms with Crippen molar-refractivity contribution in [1.29, 1.82) is 0 Å². The lowest BCUT2D eigenvalue weighted by atomic mass is 9.99. The molecule has 2 N–H and O–H groups in total. The number of hydrogen-bond acceptors (Lipinski definition) is 3. The Labute approximate surface area is 99.2 Å². The van der Waals surface area contributed by atoms with Gasteiger partial charge in [-0.25, -0.2) is 0 Å². The minimum absolute atomic E-state index is 0.116. The minimum Gasteiger partial charge on any atom is -0.394 e. The van der Waals surface area contributed by atoms with Gasteiger partial charge in [-0.15, -0.1) is 0 Å². The van der Waals surface area contributed by atoms with Crippen molar-refractivity contribution in [3.8, 4) is 0 Å². The molecule has 0 aromatic heterocycles. The predicted molar refractivity (Wildman–Crippen MR) is 70.6 cm³/mol. The second-order valence-corrected chi connectivity index (χ2v) is 6.40. The molecular weight excluding hydrogens is 206 g/mol. The number of thioether (sulfide) groups is 1. The van der Waals surface area contributed by atoms with Crippen molar-refractivity contribution < 1.29 is 5.11 Å². The molecule has 0 rings (SSSR count). The van der Waals surface area contributed by atoms with Gasteiger partial charge in [0.25, 0.3) is 0 Å². The smallest absolute Gasteiger partial charge is 0.0610 e. The highest BCUT2D eigenvalue weighted by Gasteiger charge is 2.23. The van der Waals surface area contributed by atoms with Crippen molar-refractivity contribution in [3.05, 3.63) is 0 Å². The van der Waals surface area contributed by atoms with Gasteiger partial charge in [0.15, 0.2) is 0 Å². The first-order valence-electron chi connectivity index (χ1n) is 5.93. The van der Waals surface area contributed by atoms with Crippen molar-refractivity contribution >= 4 is 11.8 Å². The van der Waals surface area contributed by atoms with Crippen LogP contribution in [0.5, 0.6) is 0 Å². The molecule has 0 aromatic rings. The van der Waals surface area contributed by atoms with E-state index in [1.807, 2.05) is 11.8 Å². The Balaban J connectivity index is 3.87. The monoisotopic (exact) mass is 233 g/mol. The molecule has 3 heteroatoms. The van der Waals surface area contributed by atoms with Crippen LogP contribution >= 0.6 is 11.8 Å². The van der Waals surface area contributed by atoms with E-state index in [1.165, 1.54) is 6.42 Å². The lowest BCUT2D eigenvalue weighted by Gasteiger charge is -2.31. The van der Waals surface area contributed by atoms with Crippen LogP contribution in [0.4, 0.5) is 0 Å². The van der Waals surface area contributed by atoms with Gasteiger partial charge in [0.1, 0.15) is 0 Å². The Bertz CT molecular complexity index is 164. The third-order valence-electron chi connectivity index (χ3n) is 2.62. The van der Waals surface area contributed by atoms with Crippen LogP contribution in [-0.2, 0) is 0 Å². The van der Waals surface area contributed by atoms with Crippen LogP contribution in [0.2, 0.25) is 0 Å². The Morgan fingerprint density at radius 3 is 2.33 bits per heavy atom. The molecule has 15 heavy (non-hydrogen) atoms. The van der Waals surface area contributed by atoms with E-state index in [2.05, 4.69) is 39.9 Å². The quantitative estimate of drug-likeness (QED) is 0.676. The van der Waals surface area contributed by atoms with E-state index in [0.717, 1.165) is 17.4 Å². The topological polar surface area (TPSA) is 32.3 Å². The van der Waals surface area contributed by atoms with Gasteiger partial charge in [-0.1, -0.05) is 27.7 Å². The molecule has 0 saturated heterocycles. The first-order valence-corrected chi connectivity index (χ1v) is 6.98. The summed E-state index contributed by atoms with van der Waals surface area (Å²) in [5.74, 6) is 1.12. The summed E-state index contributed by atoms with van der Waals surface area (Å²) in [4.78, 5) is 0. The molecule has 0 bridgehead atoms. The first-order chi connectivity index (χ1) is 6.93. The molecule has 0 saturated carbocycles. The third-order valence-corrected chi connectivity index (χ3v) is 3.96. The van der Waals surface area contributed by atoms with Gasteiger partial charge in [-0.2, -0.15) is 11.8 Å². The summed E-state index contributed by atoms with van der Waals surface area (Å²) < 4.78 is 0. The van der Waals surface area contributed by atoms with E-state index in [9.17, 15) is 5.11 Å². The molecule has 0 amide bonds. The number of aliphatic hydroxyl groups is 1. The van der Waals surface area contributed by atoms with E-state index < -0.39 is 0 Å². The second-order valence-electron chi connectivity index (χ2n) is 4.86. The molecule has 2 atom stereocenters. The maximum atomic E-state index is 9.38. The van der Waals surface area contributed by atoms with Crippen LogP contribution in [-0.4, -0.2) is 34.3 Å². The van der Waals surface area contributed by atoms with Crippen LogP contribution in [0, 0.1) is 0 Å². The normalized spacial score (nSPS) is 17.8. The molecule has 0 fully saturated rings. The van der Waals surface area contributed by atoms with Crippen LogP contribution in [0.25, 0.3) is 0 Å². The van der Waals surface area contributed by atoms with Crippen LogP contribution in [0.3, 0.4) is 0 Å². The van der Waals surface area contributed by atoms with Crippen LogP contribution in [0.15, 0.2) is 0 Å². The standard InChI is InChI=1S/C12H27NOS/c1-6-11(4)15-8-7-12(5,9-14)13-10(2)3/h10-11,13-14H,6-9H2,1-5H3. The minimum atomic E-state index is -0.116. The second kappa shape index (κ2) is 7.53. The SMILES string of the molecule is CCC(C)SCCC(C)(CO)NC(C)C. The van der Waals surface area contributed by atoms with E-state index in [1.54, 1.807) is 0 Å². The van der Waals surface area contributed by atoms with Crippen LogP contribution < -0.4 is 5.32 Å². The number of hydrogen-bond donors (Lipinski definition) is 2. The maximum Gasteiger partial charge on any atom is 0.0610 e. The molecule has 0 aromatic carbocycles. The summed E-state index contributed by atoms with van der Waals surface area (Å²) >= 11 is 1.99. The van der Waals surface area contributed by atoms with Gasteiger partial charge in [0.2, 0.25) is 0 Å². The van der Waals surface area contributed by atoms with Gasteiger partial charge < -0.3 is 10.4 Å². The van der Waals surface area contributed by atoms with E-state index in [0.29, 0.717) is 6.04 Å². The lowest BCUT2D eigenvalue weighted by molar-refractivity contribution is 0.162. The summed E-state index contributed by atoms with van der Waals surface area (Å²) in [5.41, 5.74) is -0.116. The average molecular weight is 233 g/mol. The summed E-state index contributed by atoms with van der Waals surface area (Å²) in [6.45, 7) is 11.0. The van der Waals surface area contributed by atoms with E-state index in [4.69, 9.17) is 0 Å². The van der Waals surface area contributed by atoms with Crippen molar-refractivity contribution in [1.82, 2.24) is 5.32 Å². The number of nitrogens with one attached hydrogen (secondary N) is 1. The van der Waals surface area contributed by atoms with Gasteiger partial charge in [0, 0.05) is 16.8 Å². The average Bonchev–Trinajstić information content (AvgIpc) is 2.16. The molecule has 0 radical (unpaired) electrons. The molecule has 0 aliphatic rings. The first kappa shape index (κ1) is 15.3. The molecular formula is C12H27NOS. The van der Waals surface area contributed by atoms with E-state index >= 15 is 0 Å². The highest BCUT2D eigenvalue weighted by atomic mass is 32.2. The van der Waals surface area contributed by atoms with Crippen molar-refractivity contribution in [2.75, 3.05) is 12.4 Å². The molecule has 0 heterocycles. The zero-order valence-corrected chi connectivity index (χ0v) is 11.7. The summed E-state index contributed by atoms with van der Waals surface area (Å²) in [6.07, 6.45) is 2.24. The summed E-state index contributed by atoms with van der Waals surface area (Å²) in [5, 5.41) is 13.5. The van der Waals surface area contributed by atoms with Gasteiger partial charge in [-0.3, -0.25) is 0 Å². The Morgan fingerprint density at radius 2 is 1.93 bits per heavy atom. The fourth-order valence-electron chi connectivity index (χ4n) is 1.50. The third kappa shape index (κ3) is 7.20. The van der Waals surface area contributed by atoms with Gasteiger partial charge in [0.05, 0.1) is 6.61 Å². The van der Waals surface area contributed by atoms with Gasteiger partial charge in [-0.05, 0) is 25.5 Å². The fraction of sp³-hybridized carbons (Fsp3) is 1.00. The largest absolute Gasteiger partial charge is 0.394 e. The predicted octanol–water partition coefficient (Wildman–Crippen LogP) is 2.66. The van der Waals surface area contributed by atoms with Crippen molar-refractivity contribution in [2.45, 2.75) is 64.3 Å². The molecule has 92 valence electrons. The Kier molecular flexibility index (Phi) is 7.66. The lowest BCUT2D eigenvalue weighted by Crippen LogP contribution is -2.49. The zero-order chi connectivity index (χ0) is 11.9. The fourth-order valence-corrected chi connectivity index (χ4v) is 2.70. The number of rotatable bonds is 8.